The van der Waals surface area contributed by atoms with Gasteiger partial charge in [0, 0.05) is 6.54 Å². The van der Waals surface area contributed by atoms with Crippen molar-refractivity contribution in [2.45, 2.75) is 59.8 Å². The normalized spacial score (nSPS) is 22.3. The van der Waals surface area contributed by atoms with Gasteiger partial charge in [-0.1, -0.05) is 27.7 Å². The second-order valence-electron chi connectivity index (χ2n) is 7.18. The van der Waals surface area contributed by atoms with Gasteiger partial charge in [0.25, 0.3) is 0 Å². The zero-order valence-electron chi connectivity index (χ0n) is 13.1. The SMILES string of the molecule is CCCNCC1CCCN(CCCC(C)(C)C)C1. The molecule has 1 N–H and O–H groups in total. The second kappa shape index (κ2) is 8.16. The minimum Gasteiger partial charge on any atom is -0.316 e. The van der Waals surface area contributed by atoms with Gasteiger partial charge in [-0.15, -0.1) is 0 Å². The molecule has 1 unspecified atom stereocenters. The minimum absolute atomic E-state index is 0.498. The van der Waals surface area contributed by atoms with Crippen LogP contribution in [-0.4, -0.2) is 37.6 Å². The molecular formula is C16H34N2. The zero-order chi connectivity index (χ0) is 13.4. The standard InChI is InChI=1S/C16H34N2/c1-5-10-17-13-15-8-6-11-18(14-15)12-7-9-16(2,3)4/h15,17H,5-14H2,1-4H3. The number of hydrogen-bond acceptors (Lipinski definition) is 2. The van der Waals surface area contributed by atoms with Crippen molar-refractivity contribution < 1.29 is 0 Å². The van der Waals surface area contributed by atoms with Crippen LogP contribution in [0.4, 0.5) is 0 Å². The molecule has 0 spiro atoms. The molecule has 2 heteroatoms. The van der Waals surface area contributed by atoms with Gasteiger partial charge in [-0.2, -0.15) is 0 Å². The van der Waals surface area contributed by atoms with Crippen LogP contribution in [0.3, 0.4) is 0 Å². The van der Waals surface area contributed by atoms with Crippen molar-refractivity contribution in [1.82, 2.24) is 10.2 Å². The van der Waals surface area contributed by atoms with Crippen LogP contribution in [0.1, 0.15) is 59.8 Å². The van der Waals surface area contributed by atoms with Gasteiger partial charge in [-0.3, -0.25) is 0 Å². The van der Waals surface area contributed by atoms with Gasteiger partial charge >= 0.3 is 0 Å². The molecule has 108 valence electrons. The third-order valence-electron chi connectivity index (χ3n) is 3.86. The van der Waals surface area contributed by atoms with E-state index in [-0.39, 0.29) is 0 Å². The first kappa shape index (κ1) is 16.0. The summed E-state index contributed by atoms with van der Waals surface area (Å²) >= 11 is 0. The van der Waals surface area contributed by atoms with Gasteiger partial charge < -0.3 is 10.2 Å². The van der Waals surface area contributed by atoms with Crippen LogP contribution in [0.2, 0.25) is 0 Å². The van der Waals surface area contributed by atoms with Crippen molar-refractivity contribution in [3.8, 4) is 0 Å². The highest BCUT2D eigenvalue weighted by Crippen LogP contribution is 2.22. The minimum atomic E-state index is 0.498. The van der Waals surface area contributed by atoms with Gasteiger partial charge in [0.05, 0.1) is 0 Å². The molecule has 1 aliphatic rings. The Labute approximate surface area is 115 Å². The lowest BCUT2D eigenvalue weighted by atomic mass is 9.90. The summed E-state index contributed by atoms with van der Waals surface area (Å²) in [6, 6.07) is 0. The van der Waals surface area contributed by atoms with Crippen LogP contribution >= 0.6 is 0 Å². The molecule has 0 bridgehead atoms. The Morgan fingerprint density at radius 1 is 1.28 bits per heavy atom. The lowest BCUT2D eigenvalue weighted by molar-refractivity contribution is 0.164. The molecule has 1 atom stereocenters. The molecular weight excluding hydrogens is 220 g/mol. The topological polar surface area (TPSA) is 15.3 Å². The van der Waals surface area contributed by atoms with Crippen LogP contribution in [-0.2, 0) is 0 Å². The highest BCUT2D eigenvalue weighted by atomic mass is 15.1. The van der Waals surface area contributed by atoms with E-state index in [4.69, 9.17) is 0 Å². The number of hydrogen-bond donors (Lipinski definition) is 1. The van der Waals surface area contributed by atoms with Crippen molar-refractivity contribution in [3.05, 3.63) is 0 Å². The Morgan fingerprint density at radius 2 is 2.06 bits per heavy atom. The van der Waals surface area contributed by atoms with E-state index >= 15 is 0 Å². The van der Waals surface area contributed by atoms with Gasteiger partial charge in [-0.25, -0.2) is 0 Å². The first-order chi connectivity index (χ1) is 8.51. The van der Waals surface area contributed by atoms with Crippen LogP contribution in [0.25, 0.3) is 0 Å². The molecule has 0 saturated carbocycles. The molecule has 0 aliphatic carbocycles. The van der Waals surface area contributed by atoms with E-state index in [1.165, 1.54) is 64.8 Å². The highest BCUT2D eigenvalue weighted by molar-refractivity contribution is 4.75. The summed E-state index contributed by atoms with van der Waals surface area (Å²) in [5.41, 5.74) is 0.498. The fraction of sp³-hybridized carbons (Fsp3) is 1.00. The highest BCUT2D eigenvalue weighted by Gasteiger charge is 2.19. The van der Waals surface area contributed by atoms with Crippen LogP contribution in [0, 0.1) is 11.3 Å². The summed E-state index contributed by atoms with van der Waals surface area (Å²) in [6.45, 7) is 15.6. The maximum absolute atomic E-state index is 3.58. The molecule has 1 saturated heterocycles. The average molecular weight is 254 g/mol. The summed E-state index contributed by atoms with van der Waals surface area (Å²) in [5, 5.41) is 3.58. The molecule has 1 aliphatic heterocycles. The fourth-order valence-corrected chi connectivity index (χ4v) is 2.84. The van der Waals surface area contributed by atoms with E-state index in [1.54, 1.807) is 0 Å². The first-order valence-electron chi connectivity index (χ1n) is 7.94. The van der Waals surface area contributed by atoms with Crippen molar-refractivity contribution in [3.63, 3.8) is 0 Å². The summed E-state index contributed by atoms with van der Waals surface area (Å²) in [7, 11) is 0. The Morgan fingerprint density at radius 3 is 2.72 bits per heavy atom. The van der Waals surface area contributed by atoms with Crippen molar-refractivity contribution >= 4 is 0 Å². The Hall–Kier alpha value is -0.0800. The van der Waals surface area contributed by atoms with E-state index < -0.39 is 0 Å². The van der Waals surface area contributed by atoms with Crippen LogP contribution in [0.5, 0.6) is 0 Å². The predicted molar refractivity (Wildman–Crippen MR) is 81.0 cm³/mol. The first-order valence-corrected chi connectivity index (χ1v) is 7.94. The molecule has 0 amide bonds. The maximum atomic E-state index is 3.58. The van der Waals surface area contributed by atoms with Gasteiger partial charge in [0.2, 0.25) is 0 Å². The van der Waals surface area contributed by atoms with Crippen molar-refractivity contribution in [1.29, 1.82) is 0 Å². The third kappa shape index (κ3) is 7.38. The molecule has 18 heavy (non-hydrogen) atoms. The smallest absolute Gasteiger partial charge is 0.00218 e. The maximum Gasteiger partial charge on any atom is 0.00218 e. The molecule has 0 aromatic carbocycles. The van der Waals surface area contributed by atoms with Crippen molar-refractivity contribution in [2.24, 2.45) is 11.3 Å². The van der Waals surface area contributed by atoms with Gasteiger partial charge in [0.1, 0.15) is 0 Å². The molecule has 1 fully saturated rings. The quantitative estimate of drug-likeness (QED) is 0.699. The molecule has 0 aromatic rings. The Balaban J connectivity index is 2.14. The molecule has 1 heterocycles. The monoisotopic (exact) mass is 254 g/mol. The Bertz CT molecular complexity index is 208. The van der Waals surface area contributed by atoms with Gasteiger partial charge in [-0.05, 0) is 69.6 Å². The summed E-state index contributed by atoms with van der Waals surface area (Å²) < 4.78 is 0. The van der Waals surface area contributed by atoms with Crippen molar-refractivity contribution in [2.75, 3.05) is 32.7 Å². The Kier molecular flexibility index (Phi) is 7.25. The van der Waals surface area contributed by atoms with Crippen LogP contribution < -0.4 is 5.32 Å². The number of nitrogens with one attached hydrogen (secondary N) is 1. The number of piperidine rings is 1. The number of likely N-dealkylation sites (tertiary alicyclic amines) is 1. The van der Waals surface area contributed by atoms with Crippen LogP contribution in [0.15, 0.2) is 0 Å². The lowest BCUT2D eigenvalue weighted by Gasteiger charge is -2.33. The fourth-order valence-electron chi connectivity index (χ4n) is 2.84. The molecule has 0 radical (unpaired) electrons. The average Bonchev–Trinajstić information content (AvgIpc) is 2.28. The predicted octanol–water partition coefficient (Wildman–Crippen LogP) is 3.52. The van der Waals surface area contributed by atoms with Gasteiger partial charge in [0.15, 0.2) is 0 Å². The molecule has 1 rings (SSSR count). The van der Waals surface area contributed by atoms with E-state index in [0.29, 0.717) is 5.41 Å². The second-order valence-corrected chi connectivity index (χ2v) is 7.18. The number of nitrogens with zero attached hydrogens (tertiary/aromatic N) is 1. The van der Waals surface area contributed by atoms with E-state index in [2.05, 4.69) is 37.9 Å². The lowest BCUT2D eigenvalue weighted by Crippen LogP contribution is -2.40. The summed E-state index contributed by atoms with van der Waals surface area (Å²) in [6.07, 6.45) is 6.78. The molecule has 0 aromatic heterocycles. The zero-order valence-corrected chi connectivity index (χ0v) is 13.1. The number of rotatable bonds is 7. The third-order valence-corrected chi connectivity index (χ3v) is 3.86. The summed E-state index contributed by atoms with van der Waals surface area (Å²) in [4.78, 5) is 2.69. The molecule has 2 nitrogen and oxygen atoms in total. The van der Waals surface area contributed by atoms with E-state index in [0.717, 1.165) is 5.92 Å². The van der Waals surface area contributed by atoms with E-state index in [1.807, 2.05) is 0 Å². The van der Waals surface area contributed by atoms with E-state index in [9.17, 15) is 0 Å². The largest absolute Gasteiger partial charge is 0.316 e. The summed E-state index contributed by atoms with van der Waals surface area (Å²) in [5.74, 6) is 0.889.